The summed E-state index contributed by atoms with van der Waals surface area (Å²) in [5, 5.41) is 14.0. The summed E-state index contributed by atoms with van der Waals surface area (Å²) < 4.78 is 19.8. The molecule has 0 saturated carbocycles. The Morgan fingerprint density at radius 3 is 2.58 bits per heavy atom. The normalized spacial score (nSPS) is 16.3. The molecule has 1 heterocycles. The number of alkyl carbamates (subject to hydrolysis) is 1. The molecule has 1 amide bonds. The number of nitrogens with zero attached hydrogens (tertiary/aromatic N) is 2. The van der Waals surface area contributed by atoms with Crippen LogP contribution in [0.5, 0.6) is 0 Å². The van der Waals surface area contributed by atoms with E-state index in [9.17, 15) is 19.3 Å². The molecule has 0 unspecified atom stereocenters. The van der Waals surface area contributed by atoms with Crippen molar-refractivity contribution in [2.75, 3.05) is 13.1 Å². The molecule has 0 aliphatic carbocycles. The maximum absolute atomic E-state index is 14.2. The first kappa shape index (κ1) is 20.6. The fraction of sp³-hybridized carbons (Fsp3) is 0.588. The van der Waals surface area contributed by atoms with Gasteiger partial charge in [0, 0.05) is 36.2 Å². The van der Waals surface area contributed by atoms with Gasteiger partial charge in [0.1, 0.15) is 11.4 Å². The number of carbonyl (C=O) groups is 1. The highest BCUT2D eigenvalue weighted by Gasteiger charge is 2.26. The largest absolute Gasteiger partial charge is 0.444 e. The van der Waals surface area contributed by atoms with Crippen LogP contribution in [0.3, 0.4) is 0 Å². The zero-order chi connectivity index (χ0) is 19.5. The van der Waals surface area contributed by atoms with E-state index in [1.54, 1.807) is 20.8 Å². The Bertz CT molecular complexity index is 685. The number of ether oxygens (including phenoxy) is 1. The molecule has 1 aromatic rings. The lowest BCUT2D eigenvalue weighted by atomic mass is 10.0. The fourth-order valence-corrected chi connectivity index (χ4v) is 3.26. The van der Waals surface area contributed by atoms with E-state index in [0.29, 0.717) is 30.4 Å². The number of nitro benzene ring substituents is 1. The first-order chi connectivity index (χ1) is 12.0. The van der Waals surface area contributed by atoms with Crippen molar-refractivity contribution in [2.24, 2.45) is 0 Å². The maximum atomic E-state index is 14.2. The average Bonchev–Trinajstić information content (AvgIpc) is 2.49. The summed E-state index contributed by atoms with van der Waals surface area (Å²) in [5.41, 5.74) is -0.703. The number of likely N-dealkylation sites (tertiary alicyclic amines) is 1. The van der Waals surface area contributed by atoms with E-state index in [2.05, 4.69) is 21.2 Å². The van der Waals surface area contributed by atoms with Gasteiger partial charge in [-0.1, -0.05) is 15.9 Å². The summed E-state index contributed by atoms with van der Waals surface area (Å²) in [6.45, 7) is 6.77. The van der Waals surface area contributed by atoms with Gasteiger partial charge in [0.2, 0.25) is 0 Å². The number of nitro groups is 1. The van der Waals surface area contributed by atoms with Gasteiger partial charge < -0.3 is 10.1 Å². The first-order valence-corrected chi connectivity index (χ1v) is 9.18. The number of halogens is 2. The molecule has 7 nitrogen and oxygen atoms in total. The summed E-state index contributed by atoms with van der Waals surface area (Å²) in [7, 11) is 0. The van der Waals surface area contributed by atoms with Gasteiger partial charge in [0.25, 0.3) is 5.69 Å². The van der Waals surface area contributed by atoms with Crippen LogP contribution in [-0.4, -0.2) is 40.6 Å². The van der Waals surface area contributed by atoms with Crippen molar-refractivity contribution in [1.29, 1.82) is 0 Å². The molecule has 0 atom stereocenters. The highest BCUT2D eigenvalue weighted by atomic mass is 79.9. The van der Waals surface area contributed by atoms with Crippen LogP contribution in [-0.2, 0) is 11.3 Å². The molecule has 0 spiro atoms. The second kappa shape index (κ2) is 8.30. The molecule has 1 fully saturated rings. The number of benzene rings is 1. The second-order valence-corrected chi connectivity index (χ2v) is 8.25. The summed E-state index contributed by atoms with van der Waals surface area (Å²) in [5.74, 6) is -0.597. The number of hydrogen-bond donors (Lipinski definition) is 1. The number of amides is 1. The van der Waals surface area contributed by atoms with E-state index in [4.69, 9.17) is 4.74 Å². The Balaban J connectivity index is 1.94. The topological polar surface area (TPSA) is 84.7 Å². The summed E-state index contributed by atoms with van der Waals surface area (Å²) >= 11 is 3.08. The molecule has 26 heavy (non-hydrogen) atoms. The minimum Gasteiger partial charge on any atom is -0.444 e. The maximum Gasteiger partial charge on any atom is 0.407 e. The highest BCUT2D eigenvalue weighted by molar-refractivity contribution is 9.10. The lowest BCUT2D eigenvalue weighted by Gasteiger charge is -2.32. The number of hydrogen-bond acceptors (Lipinski definition) is 5. The highest BCUT2D eigenvalue weighted by Crippen LogP contribution is 2.28. The summed E-state index contributed by atoms with van der Waals surface area (Å²) in [4.78, 5) is 24.4. The third kappa shape index (κ3) is 5.91. The Hall–Kier alpha value is -1.74. The minimum atomic E-state index is -0.597. The van der Waals surface area contributed by atoms with Crippen molar-refractivity contribution >= 4 is 27.7 Å². The van der Waals surface area contributed by atoms with Crippen LogP contribution < -0.4 is 5.32 Å². The van der Waals surface area contributed by atoms with Crippen molar-refractivity contribution < 1.29 is 18.8 Å². The van der Waals surface area contributed by atoms with Gasteiger partial charge in [0.05, 0.1) is 10.5 Å². The average molecular weight is 432 g/mol. The molecule has 1 saturated heterocycles. The third-order valence-electron chi connectivity index (χ3n) is 4.02. The lowest BCUT2D eigenvalue weighted by molar-refractivity contribution is -0.386. The van der Waals surface area contributed by atoms with Gasteiger partial charge in [-0.25, -0.2) is 9.18 Å². The predicted molar refractivity (Wildman–Crippen MR) is 98.4 cm³/mol. The van der Waals surface area contributed by atoms with Crippen LogP contribution in [0.4, 0.5) is 14.9 Å². The molecular formula is C17H23BrFN3O4. The van der Waals surface area contributed by atoms with E-state index in [1.165, 1.54) is 12.1 Å². The van der Waals surface area contributed by atoms with Crippen LogP contribution in [0.1, 0.15) is 39.2 Å². The van der Waals surface area contributed by atoms with E-state index in [0.717, 1.165) is 0 Å². The zero-order valence-corrected chi connectivity index (χ0v) is 16.6. The van der Waals surface area contributed by atoms with Crippen LogP contribution in [0.25, 0.3) is 0 Å². The quantitative estimate of drug-likeness (QED) is 0.575. The lowest BCUT2D eigenvalue weighted by Crippen LogP contribution is -2.45. The van der Waals surface area contributed by atoms with E-state index >= 15 is 0 Å². The van der Waals surface area contributed by atoms with Gasteiger partial charge in [-0.2, -0.15) is 0 Å². The number of carbonyl (C=O) groups excluding carboxylic acids is 1. The molecule has 1 N–H and O–H groups in total. The number of piperidine rings is 1. The Kier molecular flexibility index (Phi) is 6.57. The number of nitrogens with one attached hydrogen (secondary N) is 1. The van der Waals surface area contributed by atoms with E-state index in [1.807, 2.05) is 4.90 Å². The Labute approximate surface area is 160 Å². The van der Waals surface area contributed by atoms with Crippen molar-refractivity contribution in [3.8, 4) is 0 Å². The van der Waals surface area contributed by atoms with Crippen LogP contribution >= 0.6 is 15.9 Å². The van der Waals surface area contributed by atoms with Gasteiger partial charge in [-0.3, -0.25) is 15.0 Å². The third-order valence-corrected chi connectivity index (χ3v) is 4.48. The standard InChI is InChI=1S/C17H23BrFN3O4/c1-17(2,3)26-16(23)20-12-4-6-21(7-5-12)10-13-14(19)8-11(18)9-15(13)22(24)25/h8-9,12H,4-7,10H2,1-3H3,(H,20,23). The van der Waals surface area contributed by atoms with Crippen molar-refractivity contribution in [3.05, 3.63) is 38.1 Å². The van der Waals surface area contributed by atoms with Gasteiger partial charge in [-0.15, -0.1) is 0 Å². The summed E-state index contributed by atoms with van der Waals surface area (Å²) in [6.07, 6.45) is 0.890. The molecular weight excluding hydrogens is 409 g/mol. The molecule has 0 radical (unpaired) electrons. The predicted octanol–water partition coefficient (Wildman–Crippen LogP) is 3.99. The smallest absolute Gasteiger partial charge is 0.407 e. The SMILES string of the molecule is CC(C)(C)OC(=O)NC1CCN(Cc2c(F)cc(Br)cc2[N+](=O)[O-])CC1. The van der Waals surface area contributed by atoms with Gasteiger partial charge >= 0.3 is 6.09 Å². The molecule has 1 aliphatic heterocycles. The Morgan fingerprint density at radius 2 is 2.04 bits per heavy atom. The molecule has 2 rings (SSSR count). The molecule has 1 aliphatic rings. The second-order valence-electron chi connectivity index (χ2n) is 7.34. The van der Waals surface area contributed by atoms with E-state index in [-0.39, 0.29) is 23.8 Å². The molecule has 144 valence electrons. The van der Waals surface area contributed by atoms with Crippen LogP contribution in [0, 0.1) is 15.9 Å². The first-order valence-electron chi connectivity index (χ1n) is 8.39. The number of rotatable bonds is 4. The fourth-order valence-electron chi connectivity index (χ4n) is 2.84. The molecule has 9 heteroatoms. The van der Waals surface area contributed by atoms with Crippen molar-refractivity contribution in [2.45, 2.75) is 51.8 Å². The van der Waals surface area contributed by atoms with Gasteiger partial charge in [-0.05, 0) is 39.7 Å². The van der Waals surface area contributed by atoms with Gasteiger partial charge in [0.15, 0.2) is 0 Å². The van der Waals surface area contributed by atoms with Crippen LogP contribution in [0.15, 0.2) is 16.6 Å². The van der Waals surface area contributed by atoms with Crippen LogP contribution in [0.2, 0.25) is 0 Å². The molecule has 0 aromatic heterocycles. The minimum absolute atomic E-state index is 0.0224. The zero-order valence-electron chi connectivity index (χ0n) is 15.1. The van der Waals surface area contributed by atoms with E-state index < -0.39 is 22.4 Å². The van der Waals surface area contributed by atoms with Crippen molar-refractivity contribution in [1.82, 2.24) is 10.2 Å². The van der Waals surface area contributed by atoms with Crippen molar-refractivity contribution in [3.63, 3.8) is 0 Å². The monoisotopic (exact) mass is 431 g/mol. The molecule has 1 aromatic carbocycles. The molecule has 0 bridgehead atoms. The Morgan fingerprint density at radius 1 is 1.42 bits per heavy atom. The summed E-state index contributed by atoms with van der Waals surface area (Å²) in [6, 6.07) is 2.53.